The van der Waals surface area contributed by atoms with Gasteiger partial charge in [0.15, 0.2) is 0 Å². The highest BCUT2D eigenvalue weighted by molar-refractivity contribution is 5.50. The minimum Gasteiger partial charge on any atom is -0.381 e. The van der Waals surface area contributed by atoms with Gasteiger partial charge in [-0.25, -0.2) is 0 Å². The highest BCUT2D eigenvalue weighted by atomic mass is 16.5. The monoisotopic (exact) mass is 172 g/mol. The van der Waals surface area contributed by atoms with Crippen LogP contribution in [0, 0.1) is 0 Å². The Kier molecular flexibility index (Phi) is 3.69. The third-order valence-electron chi connectivity index (χ3n) is 2.24. The maximum atomic E-state index is 10.3. The molecular weight excluding hydrogens is 156 g/mol. The van der Waals surface area contributed by atoms with Crippen LogP contribution in [0.15, 0.2) is 0 Å². The molecule has 1 fully saturated rings. The second-order valence-corrected chi connectivity index (χ2v) is 3.30. The molecular formula is C9H16O3. The Morgan fingerprint density at radius 2 is 2.33 bits per heavy atom. The van der Waals surface area contributed by atoms with E-state index in [4.69, 9.17) is 9.47 Å². The van der Waals surface area contributed by atoms with Crippen LogP contribution in [0.5, 0.6) is 0 Å². The number of carbonyl (C=O) groups excluding carboxylic acids is 1. The van der Waals surface area contributed by atoms with Crippen molar-refractivity contribution in [1.29, 1.82) is 0 Å². The van der Waals surface area contributed by atoms with Gasteiger partial charge in [0.25, 0.3) is 0 Å². The number of aldehydes is 1. The Labute approximate surface area is 73.0 Å². The van der Waals surface area contributed by atoms with Crippen LogP contribution in [0.2, 0.25) is 0 Å². The van der Waals surface area contributed by atoms with Gasteiger partial charge in [-0.15, -0.1) is 0 Å². The fourth-order valence-corrected chi connectivity index (χ4v) is 1.65. The van der Waals surface area contributed by atoms with E-state index in [-0.39, 0.29) is 18.3 Å². The Morgan fingerprint density at radius 1 is 1.58 bits per heavy atom. The lowest BCUT2D eigenvalue weighted by Gasteiger charge is -2.32. The fourth-order valence-electron chi connectivity index (χ4n) is 1.65. The minimum absolute atomic E-state index is 0.0659. The summed E-state index contributed by atoms with van der Waals surface area (Å²) in [6.45, 7) is 2.02. The van der Waals surface area contributed by atoms with Gasteiger partial charge in [0, 0.05) is 20.0 Å². The van der Waals surface area contributed by atoms with Crippen LogP contribution in [0.3, 0.4) is 0 Å². The maximum Gasteiger partial charge on any atom is 0.122 e. The number of methoxy groups -OCH3 is 1. The Bertz CT molecular complexity index is 147. The summed E-state index contributed by atoms with van der Waals surface area (Å²) in [5.41, 5.74) is 0. The zero-order valence-electron chi connectivity index (χ0n) is 7.66. The van der Waals surface area contributed by atoms with Crippen molar-refractivity contribution in [3.63, 3.8) is 0 Å². The van der Waals surface area contributed by atoms with Crippen molar-refractivity contribution < 1.29 is 14.3 Å². The SMILES string of the molecule is CO[C@H]1C[C@H](CC=O)O[C@@H](C)C1. The number of hydrogen-bond donors (Lipinski definition) is 0. The van der Waals surface area contributed by atoms with Gasteiger partial charge in [-0.3, -0.25) is 0 Å². The van der Waals surface area contributed by atoms with Gasteiger partial charge in [0.05, 0.1) is 18.3 Å². The van der Waals surface area contributed by atoms with Crippen molar-refractivity contribution >= 4 is 6.29 Å². The second-order valence-electron chi connectivity index (χ2n) is 3.30. The van der Waals surface area contributed by atoms with Crippen molar-refractivity contribution in [2.24, 2.45) is 0 Å². The summed E-state index contributed by atoms with van der Waals surface area (Å²) in [6, 6.07) is 0. The summed E-state index contributed by atoms with van der Waals surface area (Å²) in [6.07, 6.45) is 3.73. The Morgan fingerprint density at radius 3 is 2.92 bits per heavy atom. The van der Waals surface area contributed by atoms with Crippen molar-refractivity contribution in [1.82, 2.24) is 0 Å². The smallest absolute Gasteiger partial charge is 0.122 e. The molecule has 0 aliphatic carbocycles. The van der Waals surface area contributed by atoms with Crippen LogP contribution in [0.1, 0.15) is 26.2 Å². The molecule has 1 aliphatic rings. The molecule has 0 spiro atoms. The molecule has 1 aliphatic heterocycles. The molecule has 0 aromatic rings. The molecule has 12 heavy (non-hydrogen) atoms. The van der Waals surface area contributed by atoms with Crippen LogP contribution in [0.4, 0.5) is 0 Å². The molecule has 70 valence electrons. The quantitative estimate of drug-likeness (QED) is 0.599. The number of hydrogen-bond acceptors (Lipinski definition) is 3. The first-order valence-corrected chi connectivity index (χ1v) is 4.38. The zero-order valence-corrected chi connectivity index (χ0v) is 7.66. The molecule has 0 saturated carbocycles. The van der Waals surface area contributed by atoms with Gasteiger partial charge < -0.3 is 14.3 Å². The van der Waals surface area contributed by atoms with Gasteiger partial charge >= 0.3 is 0 Å². The van der Waals surface area contributed by atoms with Crippen LogP contribution >= 0.6 is 0 Å². The third-order valence-corrected chi connectivity index (χ3v) is 2.24. The molecule has 0 aromatic heterocycles. The summed E-state index contributed by atoms with van der Waals surface area (Å²) in [4.78, 5) is 10.3. The Balaban J connectivity index is 2.39. The predicted molar refractivity (Wildman–Crippen MR) is 45.0 cm³/mol. The van der Waals surface area contributed by atoms with E-state index in [9.17, 15) is 4.79 Å². The maximum absolute atomic E-state index is 10.3. The number of ether oxygens (including phenoxy) is 2. The molecule has 0 amide bonds. The first-order valence-electron chi connectivity index (χ1n) is 4.38. The zero-order chi connectivity index (χ0) is 8.97. The minimum atomic E-state index is 0.0659. The summed E-state index contributed by atoms with van der Waals surface area (Å²) < 4.78 is 10.8. The van der Waals surface area contributed by atoms with E-state index in [0.717, 1.165) is 19.1 Å². The first kappa shape index (κ1) is 9.68. The van der Waals surface area contributed by atoms with Gasteiger partial charge in [-0.05, 0) is 13.3 Å². The molecule has 3 nitrogen and oxygen atoms in total. The van der Waals surface area contributed by atoms with E-state index >= 15 is 0 Å². The largest absolute Gasteiger partial charge is 0.381 e. The molecule has 1 saturated heterocycles. The van der Waals surface area contributed by atoms with E-state index in [1.54, 1.807) is 7.11 Å². The normalized spacial score (nSPS) is 36.3. The molecule has 1 heterocycles. The van der Waals surface area contributed by atoms with Gasteiger partial charge in [-0.1, -0.05) is 0 Å². The molecule has 0 unspecified atom stereocenters. The van der Waals surface area contributed by atoms with Gasteiger partial charge in [0.1, 0.15) is 6.29 Å². The summed E-state index contributed by atoms with van der Waals surface area (Å²) in [5, 5.41) is 0. The third kappa shape index (κ3) is 2.57. The summed E-state index contributed by atoms with van der Waals surface area (Å²) >= 11 is 0. The van der Waals surface area contributed by atoms with Crippen LogP contribution < -0.4 is 0 Å². The van der Waals surface area contributed by atoms with Crippen LogP contribution in [-0.4, -0.2) is 31.7 Å². The molecule has 3 atom stereocenters. The second kappa shape index (κ2) is 4.58. The molecule has 3 heteroatoms. The van der Waals surface area contributed by atoms with E-state index < -0.39 is 0 Å². The van der Waals surface area contributed by atoms with Gasteiger partial charge in [0.2, 0.25) is 0 Å². The highest BCUT2D eigenvalue weighted by Gasteiger charge is 2.26. The molecule has 0 radical (unpaired) electrons. The summed E-state index contributed by atoms with van der Waals surface area (Å²) in [5.74, 6) is 0. The molecule has 1 rings (SSSR count). The van der Waals surface area contributed by atoms with E-state index in [0.29, 0.717) is 6.42 Å². The van der Waals surface area contributed by atoms with E-state index in [1.807, 2.05) is 6.92 Å². The lowest BCUT2D eigenvalue weighted by Crippen LogP contribution is -2.35. The van der Waals surface area contributed by atoms with Gasteiger partial charge in [-0.2, -0.15) is 0 Å². The number of rotatable bonds is 3. The Hall–Kier alpha value is -0.410. The fraction of sp³-hybridized carbons (Fsp3) is 0.889. The first-order chi connectivity index (χ1) is 5.76. The van der Waals surface area contributed by atoms with Crippen molar-refractivity contribution in [2.45, 2.75) is 44.5 Å². The molecule has 0 bridgehead atoms. The van der Waals surface area contributed by atoms with Crippen molar-refractivity contribution in [3.8, 4) is 0 Å². The average Bonchev–Trinajstić information content (AvgIpc) is 2.04. The lowest BCUT2D eigenvalue weighted by molar-refractivity contribution is -0.121. The molecule has 0 N–H and O–H groups in total. The van der Waals surface area contributed by atoms with Crippen LogP contribution in [0.25, 0.3) is 0 Å². The van der Waals surface area contributed by atoms with Crippen molar-refractivity contribution in [3.05, 3.63) is 0 Å². The van der Waals surface area contributed by atoms with E-state index in [1.165, 1.54) is 0 Å². The van der Waals surface area contributed by atoms with Crippen LogP contribution in [-0.2, 0) is 14.3 Å². The molecule has 0 aromatic carbocycles. The standard InChI is InChI=1S/C9H16O3/c1-7-5-9(11-2)6-8(12-7)3-4-10/h4,7-9H,3,5-6H2,1-2H3/t7-,8-,9+/m0/s1. The predicted octanol–water partition coefficient (Wildman–Crippen LogP) is 1.16. The topological polar surface area (TPSA) is 35.5 Å². The summed E-state index contributed by atoms with van der Waals surface area (Å²) in [7, 11) is 1.71. The lowest BCUT2D eigenvalue weighted by atomic mass is 10.00. The highest BCUT2D eigenvalue weighted by Crippen LogP contribution is 2.22. The number of carbonyl (C=O) groups is 1. The average molecular weight is 172 g/mol. The van der Waals surface area contributed by atoms with Crippen molar-refractivity contribution in [2.75, 3.05) is 7.11 Å². The van der Waals surface area contributed by atoms with E-state index in [2.05, 4.69) is 0 Å².